The average molecular weight is 342 g/mol. The summed E-state index contributed by atoms with van der Waals surface area (Å²) >= 11 is 9.18. The lowest BCUT2D eigenvalue weighted by atomic mass is 10.1. The first-order valence-corrected chi connectivity index (χ1v) is 6.75. The van der Waals surface area contributed by atoms with E-state index in [1.165, 1.54) is 6.07 Å². The van der Waals surface area contributed by atoms with Crippen LogP contribution in [0, 0.1) is 5.82 Å². The van der Waals surface area contributed by atoms with Crippen LogP contribution in [0.2, 0.25) is 5.02 Å². The van der Waals surface area contributed by atoms with Crippen molar-refractivity contribution in [3.8, 4) is 0 Å². The highest BCUT2D eigenvalue weighted by Gasteiger charge is 2.05. The van der Waals surface area contributed by atoms with Crippen LogP contribution in [0.5, 0.6) is 0 Å². The van der Waals surface area contributed by atoms with E-state index in [1.54, 1.807) is 24.4 Å². The van der Waals surface area contributed by atoms with Gasteiger partial charge in [-0.05, 0) is 29.8 Å². The SMILES string of the molecule is NCc1ccc(/C=C\c2c(F)cc(Br)cc2Cl)cn1. The van der Waals surface area contributed by atoms with Crippen LogP contribution in [0.15, 0.2) is 34.9 Å². The minimum atomic E-state index is -0.373. The Morgan fingerprint density at radius 1 is 1.32 bits per heavy atom. The summed E-state index contributed by atoms with van der Waals surface area (Å²) in [6.45, 7) is 0.400. The maximum atomic E-state index is 13.7. The van der Waals surface area contributed by atoms with Crippen molar-refractivity contribution in [2.24, 2.45) is 5.73 Å². The number of rotatable bonds is 3. The summed E-state index contributed by atoms with van der Waals surface area (Å²) in [6, 6.07) is 6.73. The van der Waals surface area contributed by atoms with Gasteiger partial charge in [0, 0.05) is 22.8 Å². The van der Waals surface area contributed by atoms with Crippen molar-refractivity contribution in [2.45, 2.75) is 6.54 Å². The largest absolute Gasteiger partial charge is 0.325 e. The summed E-state index contributed by atoms with van der Waals surface area (Å²) in [7, 11) is 0. The van der Waals surface area contributed by atoms with Crippen molar-refractivity contribution in [1.29, 1.82) is 0 Å². The molecule has 0 spiro atoms. The van der Waals surface area contributed by atoms with Gasteiger partial charge in [-0.3, -0.25) is 4.98 Å². The van der Waals surface area contributed by atoms with Crippen LogP contribution < -0.4 is 5.73 Å². The Morgan fingerprint density at radius 3 is 2.68 bits per heavy atom. The van der Waals surface area contributed by atoms with E-state index in [0.717, 1.165) is 11.3 Å². The lowest BCUT2D eigenvalue weighted by Crippen LogP contribution is -1.98. The van der Waals surface area contributed by atoms with E-state index < -0.39 is 0 Å². The fourth-order valence-electron chi connectivity index (χ4n) is 1.55. The van der Waals surface area contributed by atoms with E-state index >= 15 is 0 Å². The van der Waals surface area contributed by atoms with E-state index in [2.05, 4.69) is 20.9 Å². The number of halogens is 3. The number of nitrogens with zero attached hydrogens (tertiary/aromatic N) is 1. The summed E-state index contributed by atoms with van der Waals surface area (Å²) in [5.74, 6) is -0.373. The van der Waals surface area contributed by atoms with Gasteiger partial charge in [0.2, 0.25) is 0 Å². The molecule has 1 aromatic heterocycles. The molecule has 0 unspecified atom stereocenters. The predicted octanol–water partition coefficient (Wildman–Crippen LogP) is 4.27. The highest BCUT2D eigenvalue weighted by Crippen LogP contribution is 2.26. The van der Waals surface area contributed by atoms with Crippen molar-refractivity contribution in [2.75, 3.05) is 0 Å². The molecular weight excluding hydrogens is 331 g/mol. The number of hydrogen-bond acceptors (Lipinski definition) is 2. The highest BCUT2D eigenvalue weighted by atomic mass is 79.9. The molecule has 1 aromatic carbocycles. The minimum Gasteiger partial charge on any atom is -0.325 e. The quantitative estimate of drug-likeness (QED) is 0.905. The van der Waals surface area contributed by atoms with Gasteiger partial charge in [-0.1, -0.05) is 39.7 Å². The molecule has 5 heteroatoms. The molecule has 0 aliphatic rings. The van der Waals surface area contributed by atoms with Crippen LogP contribution in [0.4, 0.5) is 4.39 Å². The average Bonchev–Trinajstić information content (AvgIpc) is 2.38. The summed E-state index contributed by atoms with van der Waals surface area (Å²) in [5.41, 5.74) is 7.49. The van der Waals surface area contributed by atoms with E-state index in [4.69, 9.17) is 17.3 Å². The first kappa shape index (κ1) is 14.2. The van der Waals surface area contributed by atoms with Gasteiger partial charge in [-0.2, -0.15) is 0 Å². The zero-order valence-electron chi connectivity index (χ0n) is 9.91. The summed E-state index contributed by atoms with van der Waals surface area (Å²) < 4.78 is 14.3. The van der Waals surface area contributed by atoms with Gasteiger partial charge >= 0.3 is 0 Å². The molecule has 2 nitrogen and oxygen atoms in total. The van der Waals surface area contributed by atoms with Crippen LogP contribution in [0.1, 0.15) is 16.8 Å². The summed E-state index contributed by atoms with van der Waals surface area (Å²) in [6.07, 6.45) is 5.07. The van der Waals surface area contributed by atoms with Gasteiger partial charge in [0.1, 0.15) is 5.82 Å². The second kappa shape index (κ2) is 6.28. The Labute approximate surface area is 124 Å². The first-order chi connectivity index (χ1) is 9.10. The fourth-order valence-corrected chi connectivity index (χ4v) is 2.38. The molecule has 0 atom stereocenters. The molecule has 98 valence electrons. The van der Waals surface area contributed by atoms with Gasteiger partial charge in [-0.25, -0.2) is 4.39 Å². The molecule has 2 N–H and O–H groups in total. The van der Waals surface area contributed by atoms with Crippen LogP contribution in [0.25, 0.3) is 12.2 Å². The Kier molecular flexibility index (Phi) is 4.69. The van der Waals surface area contributed by atoms with Crippen molar-refractivity contribution >= 4 is 39.7 Å². The molecule has 0 saturated heterocycles. The molecule has 19 heavy (non-hydrogen) atoms. The fraction of sp³-hybridized carbons (Fsp3) is 0.0714. The second-order valence-electron chi connectivity index (χ2n) is 3.90. The van der Waals surface area contributed by atoms with E-state index in [0.29, 0.717) is 21.6 Å². The zero-order valence-corrected chi connectivity index (χ0v) is 12.2. The Bertz CT molecular complexity index is 588. The van der Waals surface area contributed by atoms with Gasteiger partial charge in [0.15, 0.2) is 0 Å². The third-order valence-corrected chi connectivity index (χ3v) is 3.31. The number of pyridine rings is 1. The standard InChI is InChI=1S/C14H11BrClFN2/c15-10-5-13(16)12(14(17)6-10)4-2-9-1-3-11(7-18)19-8-9/h1-6,8H,7,18H2/b4-2-. The van der Waals surface area contributed by atoms with Gasteiger partial charge in [0.05, 0.1) is 10.7 Å². The smallest absolute Gasteiger partial charge is 0.133 e. The molecule has 0 fully saturated rings. The normalized spacial score (nSPS) is 11.2. The van der Waals surface area contributed by atoms with E-state index in [-0.39, 0.29) is 5.82 Å². The number of nitrogens with two attached hydrogens (primary N) is 1. The second-order valence-corrected chi connectivity index (χ2v) is 5.23. The molecule has 0 aliphatic carbocycles. The Balaban J connectivity index is 2.27. The van der Waals surface area contributed by atoms with Crippen LogP contribution >= 0.6 is 27.5 Å². The van der Waals surface area contributed by atoms with Crippen molar-refractivity contribution in [1.82, 2.24) is 4.98 Å². The summed E-state index contributed by atoms with van der Waals surface area (Å²) in [4.78, 5) is 4.16. The molecule has 2 aromatic rings. The maximum absolute atomic E-state index is 13.7. The minimum absolute atomic E-state index is 0.354. The lowest BCUT2D eigenvalue weighted by molar-refractivity contribution is 0.624. The van der Waals surface area contributed by atoms with Gasteiger partial charge < -0.3 is 5.73 Å². The number of aromatic nitrogens is 1. The first-order valence-electron chi connectivity index (χ1n) is 5.58. The van der Waals surface area contributed by atoms with Crippen LogP contribution in [0.3, 0.4) is 0 Å². The monoisotopic (exact) mass is 340 g/mol. The number of benzene rings is 1. The van der Waals surface area contributed by atoms with Crippen molar-refractivity contribution in [3.63, 3.8) is 0 Å². The molecular formula is C14H11BrClFN2. The maximum Gasteiger partial charge on any atom is 0.133 e. The molecule has 1 heterocycles. The molecule has 0 amide bonds. The molecule has 0 bridgehead atoms. The van der Waals surface area contributed by atoms with E-state index in [9.17, 15) is 4.39 Å². The summed E-state index contributed by atoms with van der Waals surface area (Å²) in [5, 5.41) is 0.356. The van der Waals surface area contributed by atoms with Crippen molar-refractivity contribution < 1.29 is 4.39 Å². The molecule has 0 saturated carbocycles. The Hall–Kier alpha value is -1.23. The highest BCUT2D eigenvalue weighted by molar-refractivity contribution is 9.10. The van der Waals surface area contributed by atoms with Crippen LogP contribution in [-0.4, -0.2) is 4.98 Å². The van der Waals surface area contributed by atoms with E-state index in [1.807, 2.05) is 12.1 Å². The van der Waals surface area contributed by atoms with Gasteiger partial charge in [0.25, 0.3) is 0 Å². The van der Waals surface area contributed by atoms with Gasteiger partial charge in [-0.15, -0.1) is 0 Å². The molecule has 0 aliphatic heterocycles. The number of hydrogen-bond donors (Lipinski definition) is 1. The molecule has 2 rings (SSSR count). The predicted molar refractivity (Wildman–Crippen MR) is 80.2 cm³/mol. The van der Waals surface area contributed by atoms with Crippen molar-refractivity contribution in [3.05, 3.63) is 62.6 Å². The zero-order chi connectivity index (χ0) is 13.8. The lowest BCUT2D eigenvalue weighted by Gasteiger charge is -2.02. The third kappa shape index (κ3) is 3.62. The molecule has 0 radical (unpaired) electrons. The topological polar surface area (TPSA) is 38.9 Å². The third-order valence-electron chi connectivity index (χ3n) is 2.54. The Morgan fingerprint density at radius 2 is 2.11 bits per heavy atom. The van der Waals surface area contributed by atoms with Crippen LogP contribution in [-0.2, 0) is 6.54 Å².